The number of rotatable bonds is 18. The minimum absolute atomic E-state index is 0.00998. The Hall–Kier alpha value is -3.52. The van der Waals surface area contributed by atoms with Crippen LogP contribution in [0, 0.1) is 5.92 Å². The standard InChI is InChI=1S/C33H45BrN6O6/c1-22(2)16-28(33(42)43)38-31(41)17-23-6-7-24(34)18-26(23)39-32-25-19-30(29(44-3)20-27(25)36-21-37-32)46-13-5-9-35-8-4-10-40-11-14-45-15-12-40/h6-7,18-22,28,35H,4-5,8-17H2,1-3H3,(H,38,41)(H,42,43)(H,36,37,39)/t28-/m0/s1. The molecule has 1 aromatic heterocycles. The maximum atomic E-state index is 12.9. The Balaban J connectivity index is 1.40. The number of carbonyl (C=O) groups excluding carboxylic acids is 1. The molecule has 2 heterocycles. The predicted molar refractivity (Wildman–Crippen MR) is 181 cm³/mol. The van der Waals surface area contributed by atoms with Crippen LogP contribution in [0.5, 0.6) is 11.5 Å². The molecule has 4 N–H and O–H groups in total. The molecule has 1 aliphatic heterocycles. The Labute approximate surface area is 278 Å². The number of fused-ring (bicyclic) bond motifs is 1. The summed E-state index contributed by atoms with van der Waals surface area (Å²) in [6, 6.07) is 8.24. The number of ether oxygens (including phenoxy) is 3. The van der Waals surface area contributed by atoms with Crippen LogP contribution in [0.1, 0.15) is 38.7 Å². The third kappa shape index (κ3) is 10.8. The summed E-state index contributed by atoms with van der Waals surface area (Å²) in [7, 11) is 1.60. The van der Waals surface area contributed by atoms with E-state index in [4.69, 9.17) is 14.2 Å². The molecule has 12 nitrogen and oxygen atoms in total. The molecule has 4 rings (SSSR count). The highest BCUT2D eigenvalue weighted by Gasteiger charge is 2.22. The van der Waals surface area contributed by atoms with E-state index in [1.54, 1.807) is 7.11 Å². The summed E-state index contributed by atoms with van der Waals surface area (Å²) in [5.41, 5.74) is 2.00. The van der Waals surface area contributed by atoms with Gasteiger partial charge in [0.15, 0.2) is 11.5 Å². The zero-order chi connectivity index (χ0) is 32.9. The minimum Gasteiger partial charge on any atom is -0.493 e. The average Bonchev–Trinajstić information content (AvgIpc) is 3.03. The van der Waals surface area contributed by atoms with E-state index in [1.165, 1.54) is 6.33 Å². The van der Waals surface area contributed by atoms with Crippen molar-refractivity contribution < 1.29 is 28.9 Å². The van der Waals surface area contributed by atoms with Gasteiger partial charge in [0.05, 0.1) is 38.9 Å². The van der Waals surface area contributed by atoms with Crippen LogP contribution in [-0.2, 0) is 20.7 Å². The van der Waals surface area contributed by atoms with Crippen molar-refractivity contribution in [3.05, 3.63) is 46.7 Å². The Morgan fingerprint density at radius 1 is 1.09 bits per heavy atom. The van der Waals surface area contributed by atoms with E-state index in [0.717, 1.165) is 68.6 Å². The summed E-state index contributed by atoms with van der Waals surface area (Å²) in [5.74, 6) is 0.384. The lowest BCUT2D eigenvalue weighted by molar-refractivity contribution is -0.142. The van der Waals surface area contributed by atoms with Gasteiger partial charge in [-0.25, -0.2) is 14.8 Å². The molecule has 0 bridgehead atoms. The lowest BCUT2D eigenvalue weighted by Crippen LogP contribution is -2.42. The third-order valence-corrected chi connectivity index (χ3v) is 8.12. The average molecular weight is 702 g/mol. The van der Waals surface area contributed by atoms with Crippen molar-refractivity contribution in [3.8, 4) is 11.5 Å². The summed E-state index contributed by atoms with van der Waals surface area (Å²) < 4.78 is 18.0. The number of anilines is 2. The van der Waals surface area contributed by atoms with Gasteiger partial charge in [-0.1, -0.05) is 35.8 Å². The summed E-state index contributed by atoms with van der Waals surface area (Å²) in [6.07, 6.45) is 3.73. The molecule has 0 saturated carbocycles. The van der Waals surface area contributed by atoms with Gasteiger partial charge in [0.25, 0.3) is 0 Å². The molecule has 1 fully saturated rings. The SMILES string of the molecule is COc1cc2ncnc(Nc3cc(Br)ccc3CC(=O)N[C@@H](CC(C)C)C(=O)O)c2cc1OCCCNCCCN1CCOCC1. The molecule has 250 valence electrons. The van der Waals surface area contributed by atoms with Crippen molar-refractivity contribution in [2.24, 2.45) is 5.92 Å². The molecule has 0 unspecified atom stereocenters. The molecule has 1 amide bonds. The lowest BCUT2D eigenvalue weighted by Gasteiger charge is -2.26. The number of benzene rings is 2. The van der Waals surface area contributed by atoms with Crippen molar-refractivity contribution in [1.82, 2.24) is 25.5 Å². The van der Waals surface area contributed by atoms with E-state index in [1.807, 2.05) is 44.2 Å². The molecule has 0 spiro atoms. The second-order valence-electron chi connectivity index (χ2n) is 11.7. The quantitative estimate of drug-likeness (QED) is 0.140. The van der Waals surface area contributed by atoms with Gasteiger partial charge in [-0.3, -0.25) is 9.69 Å². The monoisotopic (exact) mass is 700 g/mol. The third-order valence-electron chi connectivity index (χ3n) is 7.62. The van der Waals surface area contributed by atoms with Crippen molar-refractivity contribution >= 4 is 50.2 Å². The molecular formula is C33H45BrN6O6. The summed E-state index contributed by atoms with van der Waals surface area (Å²) >= 11 is 3.52. The number of halogens is 1. The highest BCUT2D eigenvalue weighted by molar-refractivity contribution is 9.10. The van der Waals surface area contributed by atoms with E-state index in [2.05, 4.69) is 46.7 Å². The fraction of sp³-hybridized carbons (Fsp3) is 0.515. The number of carboxylic acid groups (broad SMARTS) is 1. The molecule has 1 aliphatic rings. The number of carbonyl (C=O) groups is 2. The van der Waals surface area contributed by atoms with Gasteiger partial charge >= 0.3 is 5.97 Å². The molecule has 1 saturated heterocycles. The number of hydrogen-bond donors (Lipinski definition) is 4. The Morgan fingerprint density at radius 2 is 1.87 bits per heavy atom. The van der Waals surface area contributed by atoms with E-state index >= 15 is 0 Å². The summed E-state index contributed by atoms with van der Waals surface area (Å²) in [6.45, 7) is 10.9. The highest BCUT2D eigenvalue weighted by atomic mass is 79.9. The van der Waals surface area contributed by atoms with Crippen molar-refractivity contribution in [2.45, 2.75) is 45.6 Å². The van der Waals surface area contributed by atoms with Crippen LogP contribution in [0.15, 0.2) is 41.1 Å². The molecule has 3 aromatic rings. The Kier molecular flexibility index (Phi) is 13.8. The number of hydrogen-bond acceptors (Lipinski definition) is 10. The molecule has 2 aromatic carbocycles. The van der Waals surface area contributed by atoms with E-state index < -0.39 is 12.0 Å². The number of nitrogens with one attached hydrogen (secondary N) is 3. The number of amides is 1. The number of morpholine rings is 1. The molecule has 13 heteroatoms. The van der Waals surface area contributed by atoms with Gasteiger partial charge in [-0.2, -0.15) is 0 Å². The molecule has 46 heavy (non-hydrogen) atoms. The number of nitrogens with zero attached hydrogens (tertiary/aromatic N) is 3. The zero-order valence-corrected chi connectivity index (χ0v) is 28.4. The van der Waals surface area contributed by atoms with Crippen molar-refractivity contribution in [1.29, 1.82) is 0 Å². The largest absolute Gasteiger partial charge is 0.493 e. The second-order valence-corrected chi connectivity index (χ2v) is 12.6. The molecular weight excluding hydrogens is 656 g/mol. The first-order chi connectivity index (χ1) is 22.2. The molecule has 0 radical (unpaired) electrons. The Bertz CT molecular complexity index is 1450. The first kappa shape index (κ1) is 35.3. The summed E-state index contributed by atoms with van der Waals surface area (Å²) in [5, 5.41) is 19.8. The lowest BCUT2D eigenvalue weighted by atomic mass is 10.0. The first-order valence-corrected chi connectivity index (χ1v) is 16.6. The molecule has 1 atom stereocenters. The number of aliphatic carboxylic acids is 1. The fourth-order valence-electron chi connectivity index (χ4n) is 5.25. The maximum Gasteiger partial charge on any atom is 0.326 e. The van der Waals surface area contributed by atoms with Gasteiger partial charge in [0.1, 0.15) is 18.2 Å². The van der Waals surface area contributed by atoms with E-state index in [0.29, 0.717) is 47.1 Å². The van der Waals surface area contributed by atoms with Crippen LogP contribution in [0.4, 0.5) is 11.5 Å². The van der Waals surface area contributed by atoms with Crippen LogP contribution < -0.4 is 25.4 Å². The topological polar surface area (TPSA) is 147 Å². The second kappa shape index (κ2) is 18.0. The van der Waals surface area contributed by atoms with Gasteiger partial charge in [0, 0.05) is 34.7 Å². The van der Waals surface area contributed by atoms with Gasteiger partial charge in [-0.05, 0) is 68.6 Å². The van der Waals surface area contributed by atoms with Gasteiger partial charge in [0.2, 0.25) is 5.91 Å². The van der Waals surface area contributed by atoms with Crippen LogP contribution in [-0.4, -0.2) is 97.5 Å². The van der Waals surface area contributed by atoms with Crippen LogP contribution in [0.25, 0.3) is 10.9 Å². The summed E-state index contributed by atoms with van der Waals surface area (Å²) in [4.78, 5) is 36.0. The normalized spacial score (nSPS) is 14.3. The highest BCUT2D eigenvalue weighted by Crippen LogP contribution is 2.35. The van der Waals surface area contributed by atoms with Crippen molar-refractivity contribution in [2.75, 3.05) is 65.0 Å². The van der Waals surface area contributed by atoms with Crippen molar-refractivity contribution in [3.63, 3.8) is 0 Å². The number of methoxy groups -OCH3 is 1. The van der Waals surface area contributed by atoms with Gasteiger partial charge < -0.3 is 35.3 Å². The fourth-order valence-corrected chi connectivity index (χ4v) is 5.61. The van der Waals surface area contributed by atoms with Crippen LogP contribution in [0.3, 0.4) is 0 Å². The first-order valence-electron chi connectivity index (χ1n) is 15.8. The smallest absolute Gasteiger partial charge is 0.326 e. The minimum atomic E-state index is -1.05. The molecule has 0 aliphatic carbocycles. The van der Waals surface area contributed by atoms with E-state index in [9.17, 15) is 14.7 Å². The zero-order valence-electron chi connectivity index (χ0n) is 26.8. The maximum absolute atomic E-state index is 12.9. The number of carboxylic acids is 1. The van der Waals surface area contributed by atoms with Crippen LogP contribution in [0.2, 0.25) is 0 Å². The van der Waals surface area contributed by atoms with Gasteiger partial charge in [-0.15, -0.1) is 0 Å². The predicted octanol–water partition coefficient (Wildman–Crippen LogP) is 4.38. The van der Waals surface area contributed by atoms with Crippen LogP contribution >= 0.6 is 15.9 Å². The van der Waals surface area contributed by atoms with E-state index in [-0.39, 0.29) is 18.2 Å². The Morgan fingerprint density at radius 3 is 2.61 bits per heavy atom. The number of aromatic nitrogens is 2.